The molecule has 5 nitrogen and oxygen atoms in total. The molecular weight excluding hydrogens is 328 g/mol. The van der Waals surface area contributed by atoms with Crippen molar-refractivity contribution >= 4 is 45.8 Å². The summed E-state index contributed by atoms with van der Waals surface area (Å²) in [4.78, 5) is 17.5. The Hall–Kier alpha value is -2.12. The number of thioether (sulfide) groups is 1. The molecule has 2 heterocycles. The quantitative estimate of drug-likeness (QED) is 0.439. The minimum absolute atomic E-state index is 0.141. The Labute approximate surface area is 142 Å². The van der Waals surface area contributed by atoms with E-state index in [9.17, 15) is 4.79 Å². The molecule has 2 aromatic heterocycles. The number of hydrazone groups is 1. The van der Waals surface area contributed by atoms with Gasteiger partial charge in [0.25, 0.3) is 5.91 Å². The predicted molar refractivity (Wildman–Crippen MR) is 96.1 cm³/mol. The summed E-state index contributed by atoms with van der Waals surface area (Å²) in [5.74, 6) is 0.135. The minimum Gasteiger partial charge on any atom is -0.322 e. The van der Waals surface area contributed by atoms with E-state index in [-0.39, 0.29) is 11.7 Å². The number of nitrogens with one attached hydrogen (secondary N) is 1. The predicted octanol–water partition coefficient (Wildman–Crippen LogP) is 3.27. The first-order valence-electron chi connectivity index (χ1n) is 7.06. The Morgan fingerprint density at radius 2 is 2.17 bits per heavy atom. The fraction of sp³-hybridized carbons (Fsp3) is 0.188. The number of benzene rings is 1. The average Bonchev–Trinajstić information content (AvgIpc) is 3.20. The summed E-state index contributed by atoms with van der Waals surface area (Å²) in [6, 6.07) is 11.9. The number of carbonyl (C=O) groups excluding carboxylic acids is 1. The van der Waals surface area contributed by atoms with E-state index in [4.69, 9.17) is 0 Å². The van der Waals surface area contributed by atoms with Gasteiger partial charge in [0.05, 0.1) is 22.5 Å². The van der Waals surface area contributed by atoms with Gasteiger partial charge in [-0.15, -0.1) is 11.3 Å². The number of carbonyl (C=O) groups is 1. The molecule has 0 aliphatic heterocycles. The zero-order chi connectivity index (χ0) is 16.2. The third-order valence-corrected chi connectivity index (χ3v) is 5.31. The highest BCUT2D eigenvalue weighted by atomic mass is 32.2. The van der Waals surface area contributed by atoms with Crippen molar-refractivity contribution < 1.29 is 4.79 Å². The number of amides is 1. The number of rotatable bonds is 5. The molecule has 0 atom stereocenters. The molecule has 0 fully saturated rings. The molecule has 0 saturated carbocycles. The van der Waals surface area contributed by atoms with Gasteiger partial charge in [-0.25, -0.2) is 10.4 Å². The van der Waals surface area contributed by atoms with Crippen LogP contribution in [0, 0.1) is 0 Å². The van der Waals surface area contributed by atoms with Crippen LogP contribution in [0.2, 0.25) is 0 Å². The average molecular weight is 344 g/mol. The fourth-order valence-electron chi connectivity index (χ4n) is 2.10. The molecule has 118 valence electrons. The molecule has 1 aromatic carbocycles. The molecule has 0 radical (unpaired) electrons. The maximum Gasteiger partial charge on any atom is 0.250 e. The molecular formula is C16H16N4OS2. The van der Waals surface area contributed by atoms with Crippen LogP contribution in [-0.4, -0.2) is 26.9 Å². The van der Waals surface area contributed by atoms with Crippen LogP contribution in [-0.2, 0) is 11.8 Å². The molecule has 0 bridgehead atoms. The van der Waals surface area contributed by atoms with Gasteiger partial charge in [0.15, 0.2) is 5.16 Å². The molecule has 23 heavy (non-hydrogen) atoms. The summed E-state index contributed by atoms with van der Waals surface area (Å²) >= 11 is 3.00. The van der Waals surface area contributed by atoms with E-state index in [1.807, 2.05) is 60.3 Å². The molecule has 0 spiro atoms. The van der Waals surface area contributed by atoms with Gasteiger partial charge in [0.2, 0.25) is 0 Å². The Morgan fingerprint density at radius 1 is 1.35 bits per heavy atom. The zero-order valence-electron chi connectivity index (χ0n) is 12.8. The lowest BCUT2D eigenvalue weighted by molar-refractivity contribution is -0.118. The normalized spacial score (nSPS) is 11.8. The lowest BCUT2D eigenvalue weighted by Gasteiger charge is -2.02. The van der Waals surface area contributed by atoms with Crippen molar-refractivity contribution in [3.05, 3.63) is 46.7 Å². The van der Waals surface area contributed by atoms with Crippen molar-refractivity contribution in [3.8, 4) is 0 Å². The van der Waals surface area contributed by atoms with E-state index in [1.54, 1.807) is 11.3 Å². The van der Waals surface area contributed by atoms with Crippen LogP contribution in [0.15, 0.2) is 52.0 Å². The van der Waals surface area contributed by atoms with Crippen molar-refractivity contribution in [3.63, 3.8) is 0 Å². The maximum absolute atomic E-state index is 11.9. The molecule has 1 N–H and O–H groups in total. The Bertz CT molecular complexity index is 852. The van der Waals surface area contributed by atoms with Gasteiger partial charge in [0.1, 0.15) is 0 Å². The number of hydrogen-bond acceptors (Lipinski definition) is 5. The topological polar surface area (TPSA) is 59.3 Å². The number of hydrogen-bond donors (Lipinski definition) is 1. The molecule has 0 unspecified atom stereocenters. The van der Waals surface area contributed by atoms with E-state index in [1.165, 1.54) is 11.8 Å². The van der Waals surface area contributed by atoms with Gasteiger partial charge in [0, 0.05) is 11.9 Å². The number of aryl methyl sites for hydroxylation is 1. The summed E-state index contributed by atoms with van der Waals surface area (Å²) in [6.07, 6.45) is 0. The third-order valence-electron chi connectivity index (χ3n) is 3.30. The lowest BCUT2D eigenvalue weighted by atomic mass is 10.3. The van der Waals surface area contributed by atoms with Crippen molar-refractivity contribution in [2.75, 3.05) is 5.75 Å². The first-order valence-corrected chi connectivity index (χ1v) is 8.93. The van der Waals surface area contributed by atoms with Gasteiger partial charge in [-0.05, 0) is 30.5 Å². The number of nitrogens with zero attached hydrogens (tertiary/aromatic N) is 3. The SMILES string of the molecule is CC(=NNC(=O)CSc1nc2ccccc2n1C)c1cccs1. The van der Waals surface area contributed by atoms with Crippen molar-refractivity contribution in [1.29, 1.82) is 0 Å². The molecule has 3 aromatic rings. The van der Waals surface area contributed by atoms with Crippen LogP contribution in [0.3, 0.4) is 0 Å². The maximum atomic E-state index is 11.9. The Morgan fingerprint density at radius 3 is 2.91 bits per heavy atom. The highest BCUT2D eigenvalue weighted by molar-refractivity contribution is 7.99. The molecule has 0 aliphatic rings. The monoisotopic (exact) mass is 344 g/mol. The number of thiophene rings is 1. The van der Waals surface area contributed by atoms with Crippen LogP contribution >= 0.6 is 23.1 Å². The van der Waals surface area contributed by atoms with E-state index in [0.717, 1.165) is 26.8 Å². The molecule has 3 rings (SSSR count). The van der Waals surface area contributed by atoms with Gasteiger partial charge < -0.3 is 4.57 Å². The van der Waals surface area contributed by atoms with Crippen molar-refractivity contribution in [2.24, 2.45) is 12.1 Å². The standard InChI is InChI=1S/C16H16N4OS2/c1-11(14-8-5-9-22-14)18-19-15(21)10-23-16-17-12-6-3-4-7-13(12)20(16)2/h3-9H,10H2,1-2H3,(H,19,21). The van der Waals surface area contributed by atoms with Crippen molar-refractivity contribution in [2.45, 2.75) is 12.1 Å². The first kappa shape index (κ1) is 15.8. The molecule has 1 amide bonds. The van der Waals surface area contributed by atoms with E-state index in [2.05, 4.69) is 15.5 Å². The highest BCUT2D eigenvalue weighted by Gasteiger charge is 2.10. The number of imidazole rings is 1. The van der Waals surface area contributed by atoms with Gasteiger partial charge >= 0.3 is 0 Å². The van der Waals surface area contributed by atoms with E-state index < -0.39 is 0 Å². The number of para-hydroxylation sites is 2. The minimum atomic E-state index is -0.141. The number of fused-ring (bicyclic) bond motifs is 1. The van der Waals surface area contributed by atoms with Crippen LogP contribution in [0.1, 0.15) is 11.8 Å². The smallest absolute Gasteiger partial charge is 0.250 e. The van der Waals surface area contributed by atoms with Crippen LogP contribution in [0.25, 0.3) is 11.0 Å². The molecule has 0 saturated heterocycles. The first-order chi connectivity index (χ1) is 11.1. The lowest BCUT2D eigenvalue weighted by Crippen LogP contribution is -2.21. The van der Waals surface area contributed by atoms with E-state index in [0.29, 0.717) is 0 Å². The van der Waals surface area contributed by atoms with Crippen molar-refractivity contribution in [1.82, 2.24) is 15.0 Å². The second kappa shape index (κ2) is 6.97. The summed E-state index contributed by atoms with van der Waals surface area (Å²) in [5, 5.41) is 6.93. The summed E-state index contributed by atoms with van der Waals surface area (Å²) in [6.45, 7) is 1.88. The third kappa shape index (κ3) is 3.62. The van der Waals surface area contributed by atoms with Crippen LogP contribution in [0.5, 0.6) is 0 Å². The Kier molecular flexibility index (Phi) is 4.78. The van der Waals surface area contributed by atoms with Crippen LogP contribution in [0.4, 0.5) is 0 Å². The van der Waals surface area contributed by atoms with Gasteiger partial charge in [-0.3, -0.25) is 4.79 Å². The van der Waals surface area contributed by atoms with E-state index >= 15 is 0 Å². The Balaban J connectivity index is 1.60. The largest absolute Gasteiger partial charge is 0.322 e. The summed E-state index contributed by atoms with van der Waals surface area (Å²) in [7, 11) is 1.95. The highest BCUT2D eigenvalue weighted by Crippen LogP contribution is 2.22. The van der Waals surface area contributed by atoms with Crippen LogP contribution < -0.4 is 5.43 Å². The van der Waals surface area contributed by atoms with Gasteiger partial charge in [-0.2, -0.15) is 5.10 Å². The fourth-order valence-corrected chi connectivity index (χ4v) is 3.56. The molecule has 0 aliphatic carbocycles. The second-order valence-corrected chi connectivity index (χ2v) is 6.83. The zero-order valence-corrected chi connectivity index (χ0v) is 14.4. The number of aromatic nitrogens is 2. The summed E-state index contributed by atoms with van der Waals surface area (Å²) < 4.78 is 1.99. The molecule has 7 heteroatoms. The summed E-state index contributed by atoms with van der Waals surface area (Å²) in [5.41, 5.74) is 5.39. The second-order valence-electron chi connectivity index (χ2n) is 4.94. The van der Waals surface area contributed by atoms with Gasteiger partial charge in [-0.1, -0.05) is 30.0 Å².